The molecule has 0 aromatic heterocycles. The molecule has 2 amide bonds. The van der Waals surface area contributed by atoms with Gasteiger partial charge >= 0.3 is 12.0 Å². The van der Waals surface area contributed by atoms with Gasteiger partial charge in [0.05, 0.1) is 5.92 Å². The number of carbonyl (C=O) groups excluding carboxylic acids is 1. The molecular weight excluding hydrogens is 270 g/mol. The fourth-order valence-corrected chi connectivity index (χ4v) is 3.17. The molecule has 0 spiro atoms. The molecule has 6 nitrogen and oxygen atoms in total. The lowest BCUT2D eigenvalue weighted by molar-refractivity contribution is -0.143. The van der Waals surface area contributed by atoms with Crippen LogP contribution in [0.5, 0.6) is 0 Å². The van der Waals surface area contributed by atoms with E-state index < -0.39 is 5.97 Å². The first-order valence-corrected chi connectivity index (χ1v) is 8.04. The van der Waals surface area contributed by atoms with Crippen LogP contribution in [0.1, 0.15) is 32.6 Å². The van der Waals surface area contributed by atoms with Crippen LogP contribution in [-0.2, 0) is 4.79 Å². The second kappa shape index (κ2) is 7.64. The number of rotatable bonds is 5. The van der Waals surface area contributed by atoms with E-state index in [0.29, 0.717) is 38.4 Å². The molecule has 2 rings (SSSR count). The highest BCUT2D eigenvalue weighted by Crippen LogP contribution is 2.17. The van der Waals surface area contributed by atoms with E-state index in [1.54, 1.807) is 4.90 Å². The number of nitrogens with one attached hydrogen (secondary N) is 1. The average molecular weight is 297 g/mol. The van der Waals surface area contributed by atoms with E-state index in [0.717, 1.165) is 6.54 Å². The summed E-state index contributed by atoms with van der Waals surface area (Å²) < 4.78 is 0. The van der Waals surface area contributed by atoms with Crippen molar-refractivity contribution in [2.75, 3.05) is 39.3 Å². The summed E-state index contributed by atoms with van der Waals surface area (Å²) in [4.78, 5) is 27.1. The summed E-state index contributed by atoms with van der Waals surface area (Å²) >= 11 is 0. The van der Waals surface area contributed by atoms with Crippen LogP contribution >= 0.6 is 0 Å². The van der Waals surface area contributed by atoms with Gasteiger partial charge in [-0.25, -0.2) is 4.79 Å². The van der Waals surface area contributed by atoms with Gasteiger partial charge in [0.1, 0.15) is 0 Å². The van der Waals surface area contributed by atoms with Crippen LogP contribution in [0.3, 0.4) is 0 Å². The molecule has 1 unspecified atom stereocenters. The Morgan fingerprint density at radius 2 is 1.81 bits per heavy atom. The minimum atomic E-state index is -0.741. The van der Waals surface area contributed by atoms with E-state index in [-0.39, 0.29) is 11.9 Å². The third-order valence-electron chi connectivity index (χ3n) is 4.50. The second-order valence-corrected chi connectivity index (χ2v) is 6.40. The lowest BCUT2D eigenvalue weighted by Crippen LogP contribution is -2.47. The first-order valence-electron chi connectivity index (χ1n) is 8.04. The number of carboxylic acids is 1. The minimum absolute atomic E-state index is 0.0490. The molecule has 2 N–H and O–H groups in total. The largest absolute Gasteiger partial charge is 0.481 e. The fraction of sp³-hybridized carbons (Fsp3) is 0.867. The number of hydrogen-bond donors (Lipinski definition) is 2. The first-order chi connectivity index (χ1) is 10.1. The molecule has 0 bridgehead atoms. The Morgan fingerprint density at radius 1 is 1.19 bits per heavy atom. The molecular formula is C15H27N3O3. The van der Waals surface area contributed by atoms with Gasteiger partial charge in [-0.3, -0.25) is 4.79 Å². The van der Waals surface area contributed by atoms with Gasteiger partial charge in [0, 0.05) is 26.2 Å². The Morgan fingerprint density at radius 3 is 2.38 bits per heavy atom. The van der Waals surface area contributed by atoms with E-state index in [4.69, 9.17) is 5.11 Å². The predicted octanol–water partition coefficient (Wildman–Crippen LogP) is 1.22. The van der Waals surface area contributed by atoms with Gasteiger partial charge < -0.3 is 20.2 Å². The molecule has 0 saturated carbocycles. The molecule has 2 fully saturated rings. The zero-order valence-electron chi connectivity index (χ0n) is 12.9. The van der Waals surface area contributed by atoms with Gasteiger partial charge in [0.25, 0.3) is 0 Å². The van der Waals surface area contributed by atoms with Crippen molar-refractivity contribution in [1.82, 2.24) is 15.1 Å². The van der Waals surface area contributed by atoms with E-state index in [9.17, 15) is 9.59 Å². The summed E-state index contributed by atoms with van der Waals surface area (Å²) in [6.07, 6.45) is 3.70. The zero-order chi connectivity index (χ0) is 15.2. The number of amides is 2. The van der Waals surface area contributed by atoms with Crippen molar-refractivity contribution in [3.05, 3.63) is 0 Å². The van der Waals surface area contributed by atoms with Crippen LogP contribution in [0.25, 0.3) is 0 Å². The lowest BCUT2D eigenvalue weighted by Gasteiger charge is -2.30. The summed E-state index contributed by atoms with van der Waals surface area (Å²) in [6, 6.07) is -0.0490. The zero-order valence-corrected chi connectivity index (χ0v) is 12.9. The molecule has 2 heterocycles. The summed E-state index contributed by atoms with van der Waals surface area (Å²) in [7, 11) is 0. The number of nitrogens with zero attached hydrogens (tertiary/aromatic N) is 2. The highest BCUT2D eigenvalue weighted by atomic mass is 16.4. The Labute approximate surface area is 126 Å². The maximum absolute atomic E-state index is 12.1. The van der Waals surface area contributed by atoms with E-state index in [1.807, 2.05) is 0 Å². The predicted molar refractivity (Wildman–Crippen MR) is 80.2 cm³/mol. The second-order valence-electron chi connectivity index (χ2n) is 6.40. The van der Waals surface area contributed by atoms with Crippen molar-refractivity contribution in [3.8, 4) is 0 Å². The number of urea groups is 1. The summed E-state index contributed by atoms with van der Waals surface area (Å²) in [5.41, 5.74) is 0. The van der Waals surface area contributed by atoms with E-state index >= 15 is 0 Å². The smallest absolute Gasteiger partial charge is 0.317 e. The van der Waals surface area contributed by atoms with Crippen molar-refractivity contribution < 1.29 is 14.7 Å². The molecule has 21 heavy (non-hydrogen) atoms. The number of aliphatic carboxylic acids is 1. The standard InChI is InChI=1S/C15H27N3O3/c1-12(11-17-6-2-3-7-17)10-16-15(21)18-8-4-13(5-9-18)14(19)20/h12-13H,2-11H2,1H3,(H,16,21)(H,19,20). The van der Waals surface area contributed by atoms with Crippen molar-refractivity contribution in [3.63, 3.8) is 0 Å². The molecule has 2 aliphatic rings. The minimum Gasteiger partial charge on any atom is -0.481 e. The van der Waals surface area contributed by atoms with Crippen LogP contribution in [0.4, 0.5) is 4.79 Å². The van der Waals surface area contributed by atoms with Gasteiger partial charge in [0.15, 0.2) is 0 Å². The number of piperidine rings is 1. The van der Waals surface area contributed by atoms with Crippen molar-refractivity contribution in [1.29, 1.82) is 0 Å². The monoisotopic (exact) mass is 297 g/mol. The molecule has 2 saturated heterocycles. The molecule has 6 heteroatoms. The number of hydrogen-bond acceptors (Lipinski definition) is 3. The maximum Gasteiger partial charge on any atom is 0.317 e. The van der Waals surface area contributed by atoms with Crippen LogP contribution in [0.2, 0.25) is 0 Å². The Bertz CT molecular complexity index is 361. The Kier molecular flexibility index (Phi) is 5.85. The number of carboxylic acid groups (broad SMARTS) is 1. The van der Waals surface area contributed by atoms with Crippen LogP contribution < -0.4 is 5.32 Å². The third kappa shape index (κ3) is 4.88. The Hall–Kier alpha value is -1.30. The first kappa shape index (κ1) is 16.1. The molecule has 0 aliphatic carbocycles. The molecule has 120 valence electrons. The Balaban J connectivity index is 1.64. The van der Waals surface area contributed by atoms with Crippen molar-refractivity contribution in [2.45, 2.75) is 32.6 Å². The van der Waals surface area contributed by atoms with Crippen molar-refractivity contribution >= 4 is 12.0 Å². The molecule has 0 aromatic carbocycles. The van der Waals surface area contributed by atoms with Gasteiger partial charge in [-0.1, -0.05) is 6.92 Å². The van der Waals surface area contributed by atoms with Crippen LogP contribution in [0, 0.1) is 11.8 Å². The van der Waals surface area contributed by atoms with Crippen molar-refractivity contribution in [2.24, 2.45) is 11.8 Å². The highest BCUT2D eigenvalue weighted by Gasteiger charge is 2.27. The molecule has 0 radical (unpaired) electrons. The van der Waals surface area contributed by atoms with Gasteiger partial charge in [-0.2, -0.15) is 0 Å². The quantitative estimate of drug-likeness (QED) is 0.800. The average Bonchev–Trinajstić information content (AvgIpc) is 2.97. The number of likely N-dealkylation sites (tertiary alicyclic amines) is 2. The van der Waals surface area contributed by atoms with E-state index in [1.165, 1.54) is 25.9 Å². The molecule has 0 aromatic rings. The number of carbonyl (C=O) groups is 2. The SMILES string of the molecule is CC(CNC(=O)N1CCC(C(=O)O)CC1)CN1CCCC1. The third-order valence-corrected chi connectivity index (χ3v) is 4.50. The maximum atomic E-state index is 12.1. The summed E-state index contributed by atoms with van der Waals surface area (Å²) in [5.74, 6) is -0.582. The fourth-order valence-electron chi connectivity index (χ4n) is 3.17. The molecule has 1 atom stereocenters. The topological polar surface area (TPSA) is 72.9 Å². The van der Waals surface area contributed by atoms with Gasteiger partial charge in [-0.15, -0.1) is 0 Å². The summed E-state index contributed by atoms with van der Waals surface area (Å²) in [5, 5.41) is 11.9. The summed E-state index contributed by atoms with van der Waals surface area (Å²) in [6.45, 7) is 7.35. The van der Waals surface area contributed by atoms with Crippen LogP contribution in [0.15, 0.2) is 0 Å². The normalized spacial score (nSPS) is 22.2. The van der Waals surface area contributed by atoms with Gasteiger partial charge in [-0.05, 0) is 44.7 Å². The van der Waals surface area contributed by atoms with Crippen LogP contribution in [-0.4, -0.2) is 66.2 Å². The lowest BCUT2D eigenvalue weighted by atomic mass is 9.97. The highest BCUT2D eigenvalue weighted by molar-refractivity contribution is 5.75. The van der Waals surface area contributed by atoms with Gasteiger partial charge in [0.2, 0.25) is 0 Å². The molecule has 2 aliphatic heterocycles. The van der Waals surface area contributed by atoms with E-state index in [2.05, 4.69) is 17.1 Å².